The molecule has 0 bridgehead atoms. The molecule has 2 amide bonds. The van der Waals surface area contributed by atoms with Gasteiger partial charge in [0.15, 0.2) is 0 Å². The molecular formula is C25H22ClN3O2. The van der Waals surface area contributed by atoms with E-state index in [-0.39, 0.29) is 18.4 Å². The van der Waals surface area contributed by atoms with Gasteiger partial charge in [0, 0.05) is 21.8 Å². The fourth-order valence-electron chi connectivity index (χ4n) is 3.57. The molecule has 3 aromatic rings. The van der Waals surface area contributed by atoms with Crippen molar-refractivity contribution in [2.24, 2.45) is 4.99 Å². The third-order valence-electron chi connectivity index (χ3n) is 5.13. The van der Waals surface area contributed by atoms with Gasteiger partial charge in [0.05, 0.1) is 11.4 Å². The number of aryl methyl sites for hydroxylation is 1. The SMILES string of the molecule is Cc1ccc(NC(=O)CN2C(=O)C(C)N=C(c3ccccc3)c3cc(Cl)ccc32)cc1. The summed E-state index contributed by atoms with van der Waals surface area (Å²) in [5.74, 6) is -0.526. The van der Waals surface area contributed by atoms with Crippen LogP contribution in [0, 0.1) is 6.92 Å². The van der Waals surface area contributed by atoms with Crippen molar-refractivity contribution < 1.29 is 9.59 Å². The number of fused-ring (bicyclic) bond motifs is 1. The van der Waals surface area contributed by atoms with Crippen LogP contribution in [-0.2, 0) is 9.59 Å². The van der Waals surface area contributed by atoms with Crippen LogP contribution in [0.25, 0.3) is 0 Å². The summed E-state index contributed by atoms with van der Waals surface area (Å²) in [6.45, 7) is 3.60. The summed E-state index contributed by atoms with van der Waals surface area (Å²) in [6.07, 6.45) is 0. The van der Waals surface area contributed by atoms with Gasteiger partial charge in [-0.15, -0.1) is 0 Å². The minimum absolute atomic E-state index is 0.122. The van der Waals surface area contributed by atoms with Crippen molar-refractivity contribution in [3.63, 3.8) is 0 Å². The van der Waals surface area contributed by atoms with E-state index < -0.39 is 6.04 Å². The highest BCUT2D eigenvalue weighted by Gasteiger charge is 2.31. The summed E-state index contributed by atoms with van der Waals surface area (Å²) in [4.78, 5) is 32.2. The number of nitrogens with zero attached hydrogens (tertiary/aromatic N) is 2. The minimum atomic E-state index is -0.645. The number of rotatable bonds is 4. The number of nitrogens with one attached hydrogen (secondary N) is 1. The van der Waals surface area contributed by atoms with Crippen LogP contribution in [0.2, 0.25) is 5.02 Å². The number of carbonyl (C=O) groups is 2. The average Bonchev–Trinajstić information content (AvgIpc) is 2.86. The number of hydrogen-bond acceptors (Lipinski definition) is 3. The van der Waals surface area contributed by atoms with Crippen LogP contribution in [0.4, 0.5) is 11.4 Å². The Kier molecular flexibility index (Phi) is 5.87. The van der Waals surface area contributed by atoms with Crippen LogP contribution in [0.15, 0.2) is 77.8 Å². The van der Waals surface area contributed by atoms with Crippen molar-refractivity contribution in [3.05, 3.63) is 94.5 Å². The number of hydrogen-bond donors (Lipinski definition) is 1. The number of aliphatic imine (C=N–C) groups is 1. The Balaban J connectivity index is 1.70. The van der Waals surface area contributed by atoms with Gasteiger partial charge in [-0.1, -0.05) is 59.6 Å². The third-order valence-corrected chi connectivity index (χ3v) is 5.37. The Morgan fingerprint density at radius 3 is 2.48 bits per heavy atom. The monoisotopic (exact) mass is 431 g/mol. The maximum atomic E-state index is 13.2. The van der Waals surface area contributed by atoms with E-state index in [4.69, 9.17) is 16.6 Å². The van der Waals surface area contributed by atoms with Gasteiger partial charge < -0.3 is 10.2 Å². The van der Waals surface area contributed by atoms with Gasteiger partial charge in [-0.25, -0.2) is 0 Å². The topological polar surface area (TPSA) is 61.8 Å². The van der Waals surface area contributed by atoms with Crippen LogP contribution in [0.1, 0.15) is 23.6 Å². The summed E-state index contributed by atoms with van der Waals surface area (Å²) in [5, 5.41) is 3.40. The Bertz CT molecular complexity index is 1160. The third kappa shape index (κ3) is 4.52. The fourth-order valence-corrected chi connectivity index (χ4v) is 3.74. The normalized spacial score (nSPS) is 15.7. The van der Waals surface area contributed by atoms with E-state index in [9.17, 15) is 9.59 Å². The van der Waals surface area contributed by atoms with E-state index >= 15 is 0 Å². The molecular weight excluding hydrogens is 410 g/mol. The maximum absolute atomic E-state index is 13.2. The number of anilines is 2. The highest BCUT2D eigenvalue weighted by atomic mass is 35.5. The summed E-state index contributed by atoms with van der Waals surface area (Å²) < 4.78 is 0. The molecule has 31 heavy (non-hydrogen) atoms. The smallest absolute Gasteiger partial charge is 0.252 e. The number of carbonyl (C=O) groups excluding carboxylic acids is 2. The summed E-state index contributed by atoms with van der Waals surface area (Å²) in [7, 11) is 0. The second-order valence-electron chi connectivity index (χ2n) is 7.52. The van der Waals surface area contributed by atoms with Gasteiger partial charge in [-0.3, -0.25) is 14.6 Å². The lowest BCUT2D eigenvalue weighted by Crippen LogP contribution is -2.42. The molecule has 1 unspecified atom stereocenters. The molecule has 1 N–H and O–H groups in total. The quantitative estimate of drug-likeness (QED) is 0.641. The lowest BCUT2D eigenvalue weighted by molar-refractivity contribution is -0.122. The second-order valence-corrected chi connectivity index (χ2v) is 7.96. The van der Waals surface area contributed by atoms with Crippen molar-refractivity contribution in [1.82, 2.24) is 0 Å². The molecule has 3 aromatic carbocycles. The molecule has 0 radical (unpaired) electrons. The molecule has 4 rings (SSSR count). The standard InChI is InChI=1S/C25H22ClN3O2/c1-16-8-11-20(12-9-16)28-23(30)15-29-22-13-10-19(26)14-21(22)24(27-17(2)25(29)31)18-6-4-3-5-7-18/h3-14,17H,15H2,1-2H3,(H,28,30). The van der Waals surface area contributed by atoms with Gasteiger partial charge in [-0.05, 0) is 44.2 Å². The van der Waals surface area contributed by atoms with Crippen molar-refractivity contribution >= 4 is 40.5 Å². The van der Waals surface area contributed by atoms with E-state index in [0.717, 1.165) is 16.7 Å². The summed E-state index contributed by atoms with van der Waals surface area (Å²) >= 11 is 6.29. The number of amides is 2. The first-order valence-electron chi connectivity index (χ1n) is 10.0. The molecule has 0 saturated carbocycles. The van der Waals surface area contributed by atoms with E-state index in [1.165, 1.54) is 4.90 Å². The van der Waals surface area contributed by atoms with E-state index in [2.05, 4.69) is 5.32 Å². The van der Waals surface area contributed by atoms with Crippen molar-refractivity contribution in [1.29, 1.82) is 0 Å². The summed E-state index contributed by atoms with van der Waals surface area (Å²) in [5.41, 5.74) is 4.69. The molecule has 0 spiro atoms. The Morgan fingerprint density at radius 2 is 1.77 bits per heavy atom. The molecule has 1 aliphatic rings. The molecule has 156 valence electrons. The molecule has 0 aliphatic carbocycles. The Morgan fingerprint density at radius 1 is 1.06 bits per heavy atom. The highest BCUT2D eigenvalue weighted by Crippen LogP contribution is 2.31. The maximum Gasteiger partial charge on any atom is 0.252 e. The van der Waals surface area contributed by atoms with Crippen LogP contribution in [-0.4, -0.2) is 30.1 Å². The fraction of sp³-hybridized carbons (Fsp3) is 0.160. The first kappa shape index (κ1) is 20.8. The summed E-state index contributed by atoms with van der Waals surface area (Å²) in [6, 6.07) is 21.8. The average molecular weight is 432 g/mol. The molecule has 5 nitrogen and oxygen atoms in total. The predicted octanol–water partition coefficient (Wildman–Crippen LogP) is 4.86. The number of benzodiazepines with no additional fused rings is 1. The van der Waals surface area contributed by atoms with Gasteiger partial charge >= 0.3 is 0 Å². The minimum Gasteiger partial charge on any atom is -0.325 e. The predicted molar refractivity (Wildman–Crippen MR) is 125 cm³/mol. The first-order chi connectivity index (χ1) is 14.9. The number of halogens is 1. The molecule has 6 heteroatoms. The molecule has 1 atom stereocenters. The van der Waals surface area contributed by atoms with E-state index in [0.29, 0.717) is 22.1 Å². The van der Waals surface area contributed by atoms with Crippen LogP contribution in [0.3, 0.4) is 0 Å². The van der Waals surface area contributed by atoms with Crippen LogP contribution in [0.5, 0.6) is 0 Å². The van der Waals surface area contributed by atoms with Crippen LogP contribution >= 0.6 is 11.6 Å². The number of benzene rings is 3. The lowest BCUT2D eigenvalue weighted by atomic mass is 10.00. The van der Waals surface area contributed by atoms with E-state index in [1.54, 1.807) is 25.1 Å². The molecule has 1 heterocycles. The zero-order valence-electron chi connectivity index (χ0n) is 17.3. The lowest BCUT2D eigenvalue weighted by Gasteiger charge is -2.24. The van der Waals surface area contributed by atoms with Gasteiger partial charge in [0.1, 0.15) is 12.6 Å². The molecule has 0 aromatic heterocycles. The highest BCUT2D eigenvalue weighted by molar-refractivity contribution is 6.32. The Labute approximate surface area is 186 Å². The Hall–Kier alpha value is -3.44. The van der Waals surface area contributed by atoms with Crippen molar-refractivity contribution in [2.45, 2.75) is 19.9 Å². The molecule has 0 saturated heterocycles. The second kappa shape index (κ2) is 8.74. The molecule has 1 aliphatic heterocycles. The van der Waals surface area contributed by atoms with E-state index in [1.807, 2.05) is 61.5 Å². The van der Waals surface area contributed by atoms with Crippen molar-refractivity contribution in [2.75, 3.05) is 16.8 Å². The zero-order valence-corrected chi connectivity index (χ0v) is 18.1. The largest absolute Gasteiger partial charge is 0.325 e. The van der Waals surface area contributed by atoms with Crippen LogP contribution < -0.4 is 10.2 Å². The van der Waals surface area contributed by atoms with Gasteiger partial charge in [-0.2, -0.15) is 0 Å². The first-order valence-corrected chi connectivity index (χ1v) is 10.4. The zero-order chi connectivity index (χ0) is 22.0. The van der Waals surface area contributed by atoms with Crippen molar-refractivity contribution in [3.8, 4) is 0 Å². The molecule has 0 fully saturated rings. The van der Waals surface area contributed by atoms with Gasteiger partial charge in [0.2, 0.25) is 5.91 Å². The van der Waals surface area contributed by atoms with Gasteiger partial charge in [0.25, 0.3) is 5.91 Å².